The number of rotatable bonds is 5. The zero-order valence-corrected chi connectivity index (χ0v) is 13.4. The smallest absolute Gasteiger partial charge is 0.379 e. The second kappa shape index (κ2) is 6.23. The fourth-order valence-electron chi connectivity index (χ4n) is 2.37. The molecule has 1 aromatic carbocycles. The average Bonchev–Trinajstić information content (AvgIpc) is 3.02. The molecule has 22 heavy (non-hydrogen) atoms. The highest BCUT2D eigenvalue weighted by Gasteiger charge is 2.10. The number of ether oxygens (including phenoxy) is 1. The summed E-state index contributed by atoms with van der Waals surface area (Å²) in [5.74, 6) is 0.213. The van der Waals surface area contributed by atoms with Crippen molar-refractivity contribution in [3.63, 3.8) is 0 Å². The van der Waals surface area contributed by atoms with E-state index in [1.165, 1.54) is 11.3 Å². The van der Waals surface area contributed by atoms with Gasteiger partial charge in [-0.1, -0.05) is 0 Å². The van der Waals surface area contributed by atoms with Crippen LogP contribution in [0.3, 0.4) is 0 Å². The lowest BCUT2D eigenvalue weighted by Crippen LogP contribution is -2.21. The van der Waals surface area contributed by atoms with Gasteiger partial charge in [-0.2, -0.15) is 0 Å². The third-order valence-electron chi connectivity index (χ3n) is 3.52. The molecule has 3 aromatic rings. The summed E-state index contributed by atoms with van der Waals surface area (Å²) in [4.78, 5) is 14.3. The largest absolute Gasteiger partial charge is 0.439 e. The summed E-state index contributed by atoms with van der Waals surface area (Å²) in [5, 5.41) is 3.42. The summed E-state index contributed by atoms with van der Waals surface area (Å²) in [5.41, 5.74) is 1.16. The molecular weight excluding hydrogens is 298 g/mol. The van der Waals surface area contributed by atoms with Crippen molar-refractivity contribution in [3.05, 3.63) is 52.2 Å². The second-order valence-corrected chi connectivity index (χ2v) is 5.74. The van der Waals surface area contributed by atoms with Crippen LogP contribution in [0.4, 0.5) is 5.69 Å². The topological polar surface area (TPSA) is 42.7 Å². The lowest BCUT2D eigenvalue weighted by molar-refractivity contribution is 0.446. The van der Waals surface area contributed by atoms with Crippen LogP contribution in [0.2, 0.25) is 0 Å². The van der Waals surface area contributed by atoms with Gasteiger partial charge in [-0.05, 0) is 49.6 Å². The van der Waals surface area contributed by atoms with E-state index < -0.39 is 5.63 Å². The predicted octanol–water partition coefficient (Wildman–Crippen LogP) is 4.49. The maximum Gasteiger partial charge on any atom is 0.379 e. The van der Waals surface area contributed by atoms with Crippen LogP contribution < -0.4 is 15.3 Å². The summed E-state index contributed by atoms with van der Waals surface area (Å²) >= 11 is 1.43. The number of fused-ring (bicyclic) bond motifs is 1. The molecule has 0 saturated heterocycles. The van der Waals surface area contributed by atoms with Gasteiger partial charge < -0.3 is 14.1 Å². The maximum absolute atomic E-state index is 12.1. The fourth-order valence-corrected chi connectivity index (χ4v) is 2.95. The van der Waals surface area contributed by atoms with Crippen molar-refractivity contribution in [2.75, 3.05) is 18.0 Å². The first kappa shape index (κ1) is 14.7. The minimum absolute atomic E-state index is 0.213. The minimum atomic E-state index is -0.461. The first-order chi connectivity index (χ1) is 10.7. The number of benzene rings is 1. The van der Waals surface area contributed by atoms with Crippen LogP contribution in [-0.4, -0.2) is 13.1 Å². The normalized spacial score (nSPS) is 10.8. The Hall–Kier alpha value is -2.27. The third kappa shape index (κ3) is 2.85. The molecule has 0 atom stereocenters. The Morgan fingerprint density at radius 3 is 2.68 bits per heavy atom. The van der Waals surface area contributed by atoms with E-state index in [0.717, 1.165) is 24.2 Å². The Bertz CT molecular complexity index is 820. The monoisotopic (exact) mass is 315 g/mol. The minimum Gasteiger partial charge on any atom is -0.439 e. The molecule has 0 radical (unpaired) electrons. The maximum atomic E-state index is 12.1. The standard InChI is InChI=1S/C17H17NO3S/c1-3-18(4-2)13-8-7-12-10-15(17(19)21-14(12)11-13)20-16-6-5-9-22-16/h5-11H,3-4H2,1-2H3. The third-order valence-corrected chi connectivity index (χ3v) is 4.27. The second-order valence-electron chi connectivity index (χ2n) is 4.83. The molecule has 0 N–H and O–H groups in total. The molecule has 5 heteroatoms. The van der Waals surface area contributed by atoms with Crippen LogP contribution in [0.25, 0.3) is 11.0 Å². The molecule has 0 aliphatic rings. The van der Waals surface area contributed by atoms with E-state index in [1.54, 1.807) is 6.07 Å². The zero-order chi connectivity index (χ0) is 15.5. The van der Waals surface area contributed by atoms with Gasteiger partial charge in [0.25, 0.3) is 0 Å². The van der Waals surface area contributed by atoms with Gasteiger partial charge in [0, 0.05) is 30.2 Å². The number of anilines is 1. The molecule has 0 bridgehead atoms. The summed E-state index contributed by atoms with van der Waals surface area (Å²) in [6.45, 7) is 6.02. The van der Waals surface area contributed by atoms with Crippen LogP contribution in [0.15, 0.2) is 51.0 Å². The SMILES string of the molecule is CCN(CC)c1ccc2cc(Oc3cccs3)c(=O)oc2c1. The molecular formula is C17H17NO3S. The molecule has 114 valence electrons. The van der Waals surface area contributed by atoms with Crippen LogP contribution in [0, 0.1) is 0 Å². The van der Waals surface area contributed by atoms with Gasteiger partial charge in [-0.15, -0.1) is 11.3 Å². The number of hydrogen-bond donors (Lipinski definition) is 0. The van der Waals surface area contributed by atoms with Crippen molar-refractivity contribution in [1.82, 2.24) is 0 Å². The van der Waals surface area contributed by atoms with E-state index in [-0.39, 0.29) is 5.75 Å². The summed E-state index contributed by atoms with van der Waals surface area (Å²) in [7, 11) is 0. The summed E-state index contributed by atoms with van der Waals surface area (Å²) in [6, 6.07) is 11.3. The Kier molecular flexibility index (Phi) is 4.15. The van der Waals surface area contributed by atoms with Crippen LogP contribution in [0.5, 0.6) is 10.8 Å². The molecule has 0 fully saturated rings. The molecule has 3 rings (SSSR count). The van der Waals surface area contributed by atoms with Crippen molar-refractivity contribution in [2.45, 2.75) is 13.8 Å². The zero-order valence-electron chi connectivity index (χ0n) is 12.5. The molecule has 0 unspecified atom stereocenters. The number of hydrogen-bond acceptors (Lipinski definition) is 5. The van der Waals surface area contributed by atoms with Crippen LogP contribution in [-0.2, 0) is 0 Å². The first-order valence-electron chi connectivity index (χ1n) is 7.25. The van der Waals surface area contributed by atoms with Crippen molar-refractivity contribution in [2.24, 2.45) is 0 Å². The first-order valence-corrected chi connectivity index (χ1v) is 8.13. The highest BCUT2D eigenvalue weighted by atomic mass is 32.1. The lowest BCUT2D eigenvalue weighted by Gasteiger charge is -2.20. The van der Waals surface area contributed by atoms with E-state index in [2.05, 4.69) is 18.7 Å². The quantitative estimate of drug-likeness (QED) is 0.650. The molecule has 2 aromatic heterocycles. The van der Waals surface area contributed by atoms with Crippen molar-refractivity contribution < 1.29 is 9.15 Å². The van der Waals surface area contributed by atoms with Crippen LogP contribution >= 0.6 is 11.3 Å². The molecule has 0 aliphatic heterocycles. The van der Waals surface area contributed by atoms with Gasteiger partial charge in [-0.25, -0.2) is 4.79 Å². The Morgan fingerprint density at radius 2 is 2.00 bits per heavy atom. The molecule has 0 saturated carbocycles. The van der Waals surface area contributed by atoms with Crippen molar-refractivity contribution in [3.8, 4) is 10.8 Å². The Morgan fingerprint density at radius 1 is 1.18 bits per heavy atom. The molecule has 4 nitrogen and oxygen atoms in total. The van der Waals surface area contributed by atoms with Gasteiger partial charge in [-0.3, -0.25) is 0 Å². The van der Waals surface area contributed by atoms with Crippen LogP contribution in [0.1, 0.15) is 13.8 Å². The summed E-state index contributed by atoms with van der Waals surface area (Å²) in [6.07, 6.45) is 0. The number of nitrogens with zero attached hydrogens (tertiary/aromatic N) is 1. The molecule has 0 aliphatic carbocycles. The Balaban J connectivity index is 2.00. The molecule has 0 spiro atoms. The van der Waals surface area contributed by atoms with E-state index in [1.807, 2.05) is 35.7 Å². The van der Waals surface area contributed by atoms with Gasteiger partial charge in [0.1, 0.15) is 5.58 Å². The highest BCUT2D eigenvalue weighted by Crippen LogP contribution is 2.27. The van der Waals surface area contributed by atoms with Crippen molar-refractivity contribution in [1.29, 1.82) is 0 Å². The Labute approximate surface area is 132 Å². The lowest BCUT2D eigenvalue weighted by atomic mass is 10.2. The van der Waals surface area contributed by atoms with E-state index in [9.17, 15) is 4.79 Å². The van der Waals surface area contributed by atoms with Gasteiger partial charge in [0.2, 0.25) is 5.75 Å². The molecule has 2 heterocycles. The van der Waals surface area contributed by atoms with Gasteiger partial charge in [0.15, 0.2) is 5.06 Å². The van der Waals surface area contributed by atoms with Gasteiger partial charge in [0.05, 0.1) is 0 Å². The predicted molar refractivity (Wildman–Crippen MR) is 90.4 cm³/mol. The molecule has 0 amide bonds. The van der Waals surface area contributed by atoms with E-state index >= 15 is 0 Å². The summed E-state index contributed by atoms with van der Waals surface area (Å²) < 4.78 is 11.0. The fraction of sp³-hybridized carbons (Fsp3) is 0.235. The highest BCUT2D eigenvalue weighted by molar-refractivity contribution is 7.11. The van der Waals surface area contributed by atoms with E-state index in [0.29, 0.717) is 10.6 Å². The van der Waals surface area contributed by atoms with Crippen molar-refractivity contribution >= 4 is 28.0 Å². The van der Waals surface area contributed by atoms with E-state index in [4.69, 9.17) is 9.15 Å². The number of thiophene rings is 1. The van der Waals surface area contributed by atoms with Gasteiger partial charge >= 0.3 is 5.63 Å². The average molecular weight is 315 g/mol.